The molecule has 0 aromatic heterocycles. The highest BCUT2D eigenvalue weighted by Crippen LogP contribution is 2.47. The maximum atomic E-state index is 11.4. The maximum absolute atomic E-state index is 11.4. The van der Waals surface area contributed by atoms with Crippen LogP contribution in [-0.4, -0.2) is 19.4 Å². The zero-order valence-electron chi connectivity index (χ0n) is 7.56. The molecule has 0 radical (unpaired) electrons. The van der Waals surface area contributed by atoms with Crippen molar-refractivity contribution in [1.29, 1.82) is 5.26 Å². The van der Waals surface area contributed by atoms with Crippen LogP contribution < -0.4 is 0 Å². The minimum atomic E-state index is -3.56. The zero-order valence-corrected chi connectivity index (χ0v) is 8.45. The van der Waals surface area contributed by atoms with Crippen LogP contribution in [0.2, 0.25) is 0 Å². The Morgan fingerprint density at radius 3 is 2.00 bits per heavy atom. The number of hydrogen-bond donors (Lipinski definition) is 0. The van der Waals surface area contributed by atoms with Crippen molar-refractivity contribution < 1.29 is 23.7 Å². The number of rotatable bonds is 7. The fourth-order valence-electron chi connectivity index (χ4n) is 0.418. The van der Waals surface area contributed by atoms with E-state index in [1.807, 2.05) is 0 Å². The molecule has 0 aliphatic carbocycles. The molecule has 76 valence electrons. The molecular weight excluding hydrogens is 197 g/mol. The Kier molecular flexibility index (Phi) is 6.77. The van der Waals surface area contributed by atoms with Gasteiger partial charge >= 0.3 is 7.60 Å². The van der Waals surface area contributed by atoms with E-state index in [2.05, 4.69) is 19.1 Å². The Morgan fingerprint density at radius 2 is 1.69 bits per heavy atom. The summed E-state index contributed by atoms with van der Waals surface area (Å²) in [6.07, 6.45) is -0.410. The van der Waals surface area contributed by atoms with Crippen LogP contribution >= 0.6 is 7.60 Å². The molecule has 0 N–H and O–H groups in total. The van der Waals surface area contributed by atoms with E-state index in [4.69, 9.17) is 5.26 Å². The summed E-state index contributed by atoms with van der Waals surface area (Å²) in [7, 11) is -3.56. The lowest BCUT2D eigenvalue weighted by atomic mass is 10.9. The molecule has 0 saturated heterocycles. The molecule has 0 heterocycles. The zero-order chi connectivity index (χ0) is 10.2. The monoisotopic (exact) mass is 209 g/mol. The second-order valence-corrected chi connectivity index (χ2v) is 3.73. The Morgan fingerprint density at radius 1 is 1.23 bits per heavy atom. The summed E-state index contributed by atoms with van der Waals surface area (Å²) in [5, 5.41) is 8.31. The van der Waals surface area contributed by atoms with E-state index in [9.17, 15) is 4.57 Å². The van der Waals surface area contributed by atoms with Crippen molar-refractivity contribution in [2.24, 2.45) is 0 Å². The topological polar surface area (TPSA) is 77.8 Å². The predicted molar refractivity (Wildman–Crippen MR) is 43.5 cm³/mol. The molecular formula is C6H12NO5P. The van der Waals surface area contributed by atoms with Gasteiger partial charge in [-0.25, -0.2) is 9.78 Å². The van der Waals surface area contributed by atoms with E-state index in [1.54, 1.807) is 19.9 Å². The normalized spacial score (nSPS) is 11.2. The number of hydrogen-bond acceptors (Lipinski definition) is 6. The molecule has 0 unspecified atom stereocenters. The smallest absolute Gasteiger partial charge is 0.254 e. The Bertz CT molecular complexity index is 202. The molecule has 0 amide bonds. The average Bonchev–Trinajstić information content (AvgIpc) is 2.12. The summed E-state index contributed by atoms with van der Waals surface area (Å²) < 4.78 is 20.2. The van der Waals surface area contributed by atoms with Crippen molar-refractivity contribution >= 4 is 7.60 Å². The van der Waals surface area contributed by atoms with Gasteiger partial charge < -0.3 is 0 Å². The third kappa shape index (κ3) is 5.75. The Labute approximate surface area is 76.7 Å². The van der Waals surface area contributed by atoms with Gasteiger partial charge in [-0.15, -0.1) is 9.35 Å². The van der Waals surface area contributed by atoms with Crippen LogP contribution in [0.4, 0.5) is 0 Å². The first-order valence-corrected chi connectivity index (χ1v) is 5.49. The number of nitrogens with zero attached hydrogens (tertiary/aromatic N) is 1. The lowest BCUT2D eigenvalue weighted by Crippen LogP contribution is -2.01. The van der Waals surface area contributed by atoms with Crippen molar-refractivity contribution in [2.75, 3.05) is 19.4 Å². The largest absolute Gasteiger partial charge is 0.398 e. The van der Waals surface area contributed by atoms with Crippen molar-refractivity contribution in [3.63, 3.8) is 0 Å². The molecule has 0 fully saturated rings. The minimum absolute atomic E-state index is 0.213. The molecule has 0 aliphatic rings. The van der Waals surface area contributed by atoms with Gasteiger partial charge in [0.15, 0.2) is 0 Å². The highest BCUT2D eigenvalue weighted by atomic mass is 31.2. The van der Waals surface area contributed by atoms with Crippen LogP contribution in [0.15, 0.2) is 0 Å². The first-order valence-electron chi connectivity index (χ1n) is 3.77. The average molecular weight is 209 g/mol. The van der Waals surface area contributed by atoms with Crippen molar-refractivity contribution in [2.45, 2.75) is 13.8 Å². The van der Waals surface area contributed by atoms with E-state index in [0.29, 0.717) is 0 Å². The molecule has 0 spiro atoms. The van der Waals surface area contributed by atoms with Crippen LogP contribution in [-0.2, 0) is 23.7 Å². The van der Waals surface area contributed by atoms with Crippen LogP contribution in [0.3, 0.4) is 0 Å². The first-order chi connectivity index (χ1) is 6.18. The van der Waals surface area contributed by atoms with Gasteiger partial charge in [-0.1, -0.05) is 0 Å². The van der Waals surface area contributed by atoms with E-state index in [-0.39, 0.29) is 13.2 Å². The van der Waals surface area contributed by atoms with Crippen LogP contribution in [0.25, 0.3) is 0 Å². The van der Waals surface area contributed by atoms with Gasteiger partial charge in [-0.05, 0) is 13.8 Å². The Hall–Kier alpha value is -0.440. The van der Waals surface area contributed by atoms with Crippen LogP contribution in [0.1, 0.15) is 13.8 Å². The molecule has 13 heavy (non-hydrogen) atoms. The summed E-state index contributed by atoms with van der Waals surface area (Å²) in [6, 6.07) is 1.65. The standard InChI is InChI=1S/C6H12NO5P/c1-3-9-11-13(8,6-5-7)12-10-4-2/h3-4,6H2,1-2H3. The Balaban J connectivity index is 4.02. The lowest BCUT2D eigenvalue weighted by molar-refractivity contribution is -0.262. The van der Waals surface area contributed by atoms with Gasteiger partial charge in [0.05, 0.1) is 19.3 Å². The quantitative estimate of drug-likeness (QED) is 0.360. The van der Waals surface area contributed by atoms with Gasteiger partial charge in [0.1, 0.15) is 6.16 Å². The highest BCUT2D eigenvalue weighted by molar-refractivity contribution is 7.53. The first kappa shape index (κ1) is 12.6. The van der Waals surface area contributed by atoms with E-state index in [0.717, 1.165) is 0 Å². The summed E-state index contributed by atoms with van der Waals surface area (Å²) in [5.74, 6) is 0. The van der Waals surface area contributed by atoms with E-state index in [1.165, 1.54) is 0 Å². The minimum Gasteiger partial charge on any atom is -0.254 e. The summed E-state index contributed by atoms with van der Waals surface area (Å²) in [5.41, 5.74) is 0. The summed E-state index contributed by atoms with van der Waals surface area (Å²) >= 11 is 0. The van der Waals surface area contributed by atoms with E-state index < -0.39 is 13.8 Å². The second kappa shape index (κ2) is 7.01. The molecule has 0 rings (SSSR count). The molecule has 0 aromatic rings. The van der Waals surface area contributed by atoms with Crippen LogP contribution in [0.5, 0.6) is 0 Å². The third-order valence-corrected chi connectivity index (χ3v) is 2.03. The molecule has 0 aliphatic heterocycles. The molecule has 0 aromatic carbocycles. The van der Waals surface area contributed by atoms with Crippen molar-refractivity contribution in [3.8, 4) is 6.07 Å². The highest BCUT2D eigenvalue weighted by Gasteiger charge is 2.27. The van der Waals surface area contributed by atoms with Gasteiger partial charge in [0.2, 0.25) is 0 Å². The van der Waals surface area contributed by atoms with Gasteiger partial charge in [-0.2, -0.15) is 5.26 Å². The predicted octanol–water partition coefficient (Wildman–Crippen LogP) is 1.64. The second-order valence-electron chi connectivity index (χ2n) is 1.89. The van der Waals surface area contributed by atoms with Crippen molar-refractivity contribution in [3.05, 3.63) is 0 Å². The third-order valence-electron chi connectivity index (χ3n) is 0.833. The van der Waals surface area contributed by atoms with Crippen molar-refractivity contribution in [1.82, 2.24) is 0 Å². The van der Waals surface area contributed by atoms with Gasteiger partial charge in [-0.3, -0.25) is 4.57 Å². The van der Waals surface area contributed by atoms with Gasteiger partial charge in [0, 0.05) is 0 Å². The number of nitriles is 1. The summed E-state index contributed by atoms with van der Waals surface area (Å²) in [4.78, 5) is 8.86. The molecule has 6 nitrogen and oxygen atoms in total. The maximum Gasteiger partial charge on any atom is 0.398 e. The van der Waals surface area contributed by atoms with E-state index >= 15 is 0 Å². The molecule has 0 bridgehead atoms. The van der Waals surface area contributed by atoms with Gasteiger partial charge in [0.25, 0.3) is 0 Å². The molecule has 0 atom stereocenters. The fourth-order valence-corrected chi connectivity index (χ4v) is 1.25. The SMILES string of the molecule is CCOOP(=O)(CC#N)OOCC. The lowest BCUT2D eigenvalue weighted by Gasteiger charge is -2.11. The fraction of sp³-hybridized carbons (Fsp3) is 0.833. The molecule has 0 saturated carbocycles. The summed E-state index contributed by atoms with van der Waals surface area (Å²) in [6.45, 7) is 3.73. The van der Waals surface area contributed by atoms with Crippen LogP contribution in [0, 0.1) is 11.3 Å². The molecule has 7 heteroatoms.